The summed E-state index contributed by atoms with van der Waals surface area (Å²) in [5.41, 5.74) is 10.6. The van der Waals surface area contributed by atoms with Gasteiger partial charge in [-0.05, 0) is 55.3 Å². The molecule has 156 valence electrons. The van der Waals surface area contributed by atoms with E-state index in [9.17, 15) is 10.1 Å². The van der Waals surface area contributed by atoms with Crippen molar-refractivity contribution in [3.63, 3.8) is 0 Å². The number of nitro benzene ring substituents is 1. The van der Waals surface area contributed by atoms with Crippen molar-refractivity contribution in [2.45, 2.75) is 20.5 Å². The molecule has 31 heavy (non-hydrogen) atoms. The van der Waals surface area contributed by atoms with Gasteiger partial charge in [-0.3, -0.25) is 10.1 Å². The van der Waals surface area contributed by atoms with Crippen molar-refractivity contribution in [1.82, 2.24) is 10.1 Å². The Morgan fingerprint density at radius 2 is 1.90 bits per heavy atom. The highest BCUT2D eigenvalue weighted by Crippen LogP contribution is 2.28. The van der Waals surface area contributed by atoms with Gasteiger partial charge in [-0.25, -0.2) is 0 Å². The highest BCUT2D eigenvalue weighted by atomic mass is 16.6. The molecule has 0 spiro atoms. The van der Waals surface area contributed by atoms with Crippen LogP contribution >= 0.6 is 0 Å². The van der Waals surface area contributed by atoms with E-state index in [0.717, 1.165) is 22.3 Å². The number of aromatic nitrogens is 2. The SMILES string of the molecule is Cc1cc(OCc2cccc(-c3nc(-c4cccc(N)c4C)no3)c2)ccc1[N+](=O)[O-]. The first kappa shape index (κ1) is 20.1. The number of nitrogens with zero attached hydrogens (tertiary/aromatic N) is 3. The van der Waals surface area contributed by atoms with Crippen molar-refractivity contribution >= 4 is 11.4 Å². The zero-order valence-corrected chi connectivity index (χ0v) is 17.0. The Balaban J connectivity index is 1.52. The molecule has 0 aliphatic heterocycles. The first-order valence-corrected chi connectivity index (χ1v) is 9.58. The average molecular weight is 416 g/mol. The van der Waals surface area contributed by atoms with E-state index >= 15 is 0 Å². The van der Waals surface area contributed by atoms with Crippen LogP contribution in [0.3, 0.4) is 0 Å². The summed E-state index contributed by atoms with van der Waals surface area (Å²) in [6.07, 6.45) is 0. The van der Waals surface area contributed by atoms with Crippen LogP contribution in [0.4, 0.5) is 11.4 Å². The van der Waals surface area contributed by atoms with Gasteiger partial charge in [-0.15, -0.1) is 0 Å². The number of nitro groups is 1. The van der Waals surface area contributed by atoms with E-state index in [4.69, 9.17) is 15.0 Å². The number of anilines is 1. The average Bonchev–Trinajstić information content (AvgIpc) is 3.24. The van der Waals surface area contributed by atoms with Gasteiger partial charge < -0.3 is 15.0 Å². The molecular formula is C23H20N4O4. The molecule has 0 amide bonds. The molecule has 1 heterocycles. The van der Waals surface area contributed by atoms with Crippen molar-refractivity contribution < 1.29 is 14.2 Å². The maximum Gasteiger partial charge on any atom is 0.272 e. The quantitative estimate of drug-likeness (QED) is 0.264. The summed E-state index contributed by atoms with van der Waals surface area (Å²) in [6.45, 7) is 3.89. The van der Waals surface area contributed by atoms with Crippen molar-refractivity contribution in [2.75, 3.05) is 5.73 Å². The fourth-order valence-electron chi connectivity index (χ4n) is 3.23. The molecule has 0 radical (unpaired) electrons. The van der Waals surface area contributed by atoms with Crippen LogP contribution in [-0.2, 0) is 6.61 Å². The number of nitrogens with two attached hydrogens (primary N) is 1. The number of aryl methyl sites for hydroxylation is 1. The van der Waals surface area contributed by atoms with Gasteiger partial charge in [-0.1, -0.05) is 29.4 Å². The lowest BCUT2D eigenvalue weighted by atomic mass is 10.1. The first-order chi connectivity index (χ1) is 14.9. The van der Waals surface area contributed by atoms with E-state index in [1.54, 1.807) is 19.1 Å². The Morgan fingerprint density at radius 3 is 2.68 bits per heavy atom. The third kappa shape index (κ3) is 4.23. The van der Waals surface area contributed by atoms with Crippen LogP contribution in [0.15, 0.2) is 65.2 Å². The molecule has 0 atom stereocenters. The van der Waals surface area contributed by atoms with Gasteiger partial charge in [0, 0.05) is 28.4 Å². The molecule has 3 aromatic carbocycles. The van der Waals surface area contributed by atoms with Crippen LogP contribution in [0.2, 0.25) is 0 Å². The van der Waals surface area contributed by atoms with Crippen molar-refractivity contribution in [3.05, 3.63) is 87.5 Å². The lowest BCUT2D eigenvalue weighted by Crippen LogP contribution is -1.97. The highest BCUT2D eigenvalue weighted by Gasteiger charge is 2.14. The van der Waals surface area contributed by atoms with Gasteiger partial charge >= 0.3 is 0 Å². The maximum absolute atomic E-state index is 11.0. The fraction of sp³-hybridized carbons (Fsp3) is 0.130. The summed E-state index contributed by atoms with van der Waals surface area (Å²) in [7, 11) is 0. The van der Waals surface area contributed by atoms with Crippen LogP contribution < -0.4 is 10.5 Å². The maximum atomic E-state index is 11.0. The fourth-order valence-corrected chi connectivity index (χ4v) is 3.23. The Kier molecular flexibility index (Phi) is 5.36. The molecule has 2 N–H and O–H groups in total. The minimum atomic E-state index is -0.410. The van der Waals surface area contributed by atoms with E-state index in [0.29, 0.717) is 35.3 Å². The number of rotatable bonds is 6. The number of hydrogen-bond donors (Lipinski definition) is 1. The van der Waals surface area contributed by atoms with Crippen LogP contribution in [0.25, 0.3) is 22.8 Å². The molecule has 8 heteroatoms. The van der Waals surface area contributed by atoms with Gasteiger partial charge in [-0.2, -0.15) is 4.98 Å². The third-order valence-electron chi connectivity index (χ3n) is 4.99. The molecule has 0 aliphatic rings. The Hall–Kier alpha value is -4.20. The zero-order valence-electron chi connectivity index (χ0n) is 17.0. The first-order valence-electron chi connectivity index (χ1n) is 9.58. The lowest BCUT2D eigenvalue weighted by Gasteiger charge is -2.08. The molecule has 8 nitrogen and oxygen atoms in total. The standard InChI is InChI=1S/C23H20N4O4/c1-14-11-18(9-10-21(14)27(28)29)30-13-16-5-3-6-17(12-16)23-25-22(26-31-23)19-7-4-8-20(24)15(19)2/h3-12H,13,24H2,1-2H3. The number of nitrogen functional groups attached to an aromatic ring is 1. The second-order valence-corrected chi connectivity index (χ2v) is 7.14. The topological polar surface area (TPSA) is 117 Å². The molecular weight excluding hydrogens is 396 g/mol. The molecule has 0 fully saturated rings. The predicted molar refractivity (Wildman–Crippen MR) is 116 cm³/mol. The van der Waals surface area contributed by atoms with Crippen LogP contribution in [-0.4, -0.2) is 15.1 Å². The second-order valence-electron chi connectivity index (χ2n) is 7.14. The predicted octanol–water partition coefficient (Wildman–Crippen LogP) is 5.09. The van der Waals surface area contributed by atoms with Crippen LogP contribution in [0, 0.1) is 24.0 Å². The van der Waals surface area contributed by atoms with Crippen molar-refractivity contribution in [3.8, 4) is 28.6 Å². The Bertz CT molecular complexity index is 1270. The minimum absolute atomic E-state index is 0.0666. The smallest absolute Gasteiger partial charge is 0.272 e. The molecule has 0 saturated heterocycles. The Labute approximate surface area is 178 Å². The lowest BCUT2D eigenvalue weighted by molar-refractivity contribution is -0.385. The molecule has 0 unspecified atom stereocenters. The highest BCUT2D eigenvalue weighted by molar-refractivity contribution is 5.69. The second kappa shape index (κ2) is 8.27. The minimum Gasteiger partial charge on any atom is -0.489 e. The molecule has 0 saturated carbocycles. The van der Waals surface area contributed by atoms with Gasteiger partial charge in [0.25, 0.3) is 11.6 Å². The number of ether oxygens (including phenoxy) is 1. The number of benzene rings is 3. The summed E-state index contributed by atoms with van der Waals surface area (Å²) in [5, 5.41) is 15.0. The summed E-state index contributed by atoms with van der Waals surface area (Å²) in [5.74, 6) is 1.43. The van der Waals surface area contributed by atoms with Gasteiger partial charge in [0.05, 0.1) is 4.92 Å². The Morgan fingerprint density at radius 1 is 1.10 bits per heavy atom. The van der Waals surface area contributed by atoms with Gasteiger partial charge in [0.2, 0.25) is 5.82 Å². The van der Waals surface area contributed by atoms with E-state index in [-0.39, 0.29) is 5.69 Å². The van der Waals surface area contributed by atoms with Crippen molar-refractivity contribution in [2.24, 2.45) is 0 Å². The molecule has 4 rings (SSSR count). The summed E-state index contributed by atoms with van der Waals surface area (Å²) in [6, 6.07) is 17.8. The van der Waals surface area contributed by atoms with Crippen LogP contribution in [0.5, 0.6) is 5.75 Å². The van der Waals surface area contributed by atoms with Crippen LogP contribution in [0.1, 0.15) is 16.7 Å². The summed E-state index contributed by atoms with van der Waals surface area (Å²) < 4.78 is 11.3. The summed E-state index contributed by atoms with van der Waals surface area (Å²) in [4.78, 5) is 15.1. The molecule has 0 bridgehead atoms. The molecule has 4 aromatic rings. The normalized spacial score (nSPS) is 10.8. The van der Waals surface area contributed by atoms with Gasteiger partial charge in [0.15, 0.2) is 0 Å². The van der Waals surface area contributed by atoms with E-state index in [1.165, 1.54) is 6.07 Å². The summed E-state index contributed by atoms with van der Waals surface area (Å²) >= 11 is 0. The van der Waals surface area contributed by atoms with E-state index in [1.807, 2.05) is 49.4 Å². The monoisotopic (exact) mass is 416 g/mol. The molecule has 0 aliphatic carbocycles. The zero-order chi connectivity index (χ0) is 22.0. The molecule has 1 aromatic heterocycles. The van der Waals surface area contributed by atoms with Gasteiger partial charge in [0.1, 0.15) is 12.4 Å². The number of hydrogen-bond acceptors (Lipinski definition) is 7. The van der Waals surface area contributed by atoms with Crippen molar-refractivity contribution in [1.29, 1.82) is 0 Å². The van der Waals surface area contributed by atoms with E-state index < -0.39 is 4.92 Å². The largest absolute Gasteiger partial charge is 0.489 e. The van der Waals surface area contributed by atoms with E-state index in [2.05, 4.69) is 10.1 Å². The third-order valence-corrected chi connectivity index (χ3v) is 4.99.